The summed E-state index contributed by atoms with van der Waals surface area (Å²) in [4.78, 5) is 74.8. The van der Waals surface area contributed by atoms with Crippen molar-refractivity contribution in [1.82, 2.24) is 0 Å². The molecule has 0 aliphatic heterocycles. The van der Waals surface area contributed by atoms with E-state index in [1.807, 2.05) is 0 Å². The largest absolute Gasteiger partial charge is 0.743 e. The lowest BCUT2D eigenvalue weighted by Crippen LogP contribution is -2.55. The first-order valence-electron chi connectivity index (χ1n) is 20.9. The summed E-state index contributed by atoms with van der Waals surface area (Å²) in [6.45, 7) is -3.28. The van der Waals surface area contributed by atoms with E-state index in [2.05, 4.69) is 95.7 Å². The number of ether oxygens (including phenoxy) is 3. The third kappa shape index (κ3) is 10.4. The maximum absolute atomic E-state index is 12.9. The number of esters is 3. The molecule has 11 rings (SSSR count). The minimum atomic E-state index is -5.97. The van der Waals surface area contributed by atoms with Crippen LogP contribution in [0.1, 0.15) is 64.2 Å². The van der Waals surface area contributed by atoms with Crippen LogP contribution >= 0.6 is 11.6 Å². The first-order chi connectivity index (χ1) is 29.9. The van der Waals surface area contributed by atoms with Crippen molar-refractivity contribution in [1.29, 1.82) is 0 Å². The van der Waals surface area contributed by atoms with Gasteiger partial charge in [0.05, 0.1) is 21.7 Å². The minimum absolute atomic E-state index is 0.0146. The van der Waals surface area contributed by atoms with Gasteiger partial charge in [0.15, 0.2) is 44.6 Å². The normalized spacial score (nSPS) is 28.6. The van der Waals surface area contributed by atoms with E-state index in [9.17, 15) is 50.5 Å². The number of carbonyl (C=O) groups excluding carboxylic acids is 6. The number of ketones is 2. The number of hydrogen-bond donors (Lipinski definition) is 0. The minimum Gasteiger partial charge on any atom is -0.743 e. The van der Waals surface area contributed by atoms with Gasteiger partial charge in [0, 0.05) is 23.7 Å². The molecule has 0 radical (unpaired) electrons. The van der Waals surface area contributed by atoms with Gasteiger partial charge in [-0.3, -0.25) is 24.0 Å². The summed E-state index contributed by atoms with van der Waals surface area (Å²) in [5.41, 5.74) is -1.36. The Morgan fingerprint density at radius 2 is 0.968 bits per heavy atom. The van der Waals surface area contributed by atoms with Crippen LogP contribution in [0.15, 0.2) is 106 Å². The number of rotatable bonds is 12. The SMILES string of the molecule is O=C(COC(=O)C12CC3CC(C1)C(=O)C(C3)C2)OCC(F)(F)S(=O)(=O)[O-].O=C(Cl)COC(=O)C12CC3CC(C1)C(=O)C(C3)C2.c1ccc([S+](c2ccccc2)c2ccccc2)cc1. The molecule has 0 N–H and O–H groups in total. The summed E-state index contributed by atoms with van der Waals surface area (Å²) in [7, 11) is -5.98. The van der Waals surface area contributed by atoms with Crippen LogP contribution in [0.4, 0.5) is 8.78 Å². The molecule has 8 fully saturated rings. The molecule has 0 spiro atoms. The lowest BCUT2D eigenvalue weighted by atomic mass is 9.49. The third-order valence-electron chi connectivity index (χ3n) is 13.2. The first kappa shape index (κ1) is 46.5. The molecule has 0 aromatic heterocycles. The van der Waals surface area contributed by atoms with Crippen molar-refractivity contribution < 1.29 is 64.7 Å². The molecule has 0 amide bonds. The van der Waals surface area contributed by atoms with Crippen molar-refractivity contribution in [3.8, 4) is 0 Å². The molecule has 8 aliphatic rings. The van der Waals surface area contributed by atoms with E-state index in [4.69, 9.17) is 21.1 Å². The Morgan fingerprint density at radius 3 is 1.30 bits per heavy atom. The molecule has 17 heteroatoms. The molecule has 8 bridgehead atoms. The number of alkyl halides is 2. The van der Waals surface area contributed by atoms with E-state index >= 15 is 0 Å². The van der Waals surface area contributed by atoms with E-state index in [-0.39, 0.29) is 58.8 Å². The lowest BCUT2D eigenvalue weighted by molar-refractivity contribution is -0.180. The number of Topliss-reactive ketones (excluding diaryl/α,β-unsaturated/α-hetero) is 2. The Labute approximate surface area is 371 Å². The summed E-state index contributed by atoms with van der Waals surface area (Å²) in [6, 6.07) is 32.2. The van der Waals surface area contributed by atoms with Gasteiger partial charge in [-0.25, -0.2) is 13.2 Å². The van der Waals surface area contributed by atoms with Crippen LogP contribution in [0.2, 0.25) is 0 Å². The maximum Gasteiger partial charge on any atom is 0.367 e. The number of carbonyl (C=O) groups is 6. The van der Waals surface area contributed by atoms with Crippen LogP contribution in [-0.4, -0.2) is 72.8 Å². The highest BCUT2D eigenvalue weighted by molar-refractivity contribution is 7.97. The highest BCUT2D eigenvalue weighted by Gasteiger charge is 2.60. The molecule has 336 valence electrons. The molecular weight excluding hydrogens is 882 g/mol. The van der Waals surface area contributed by atoms with Crippen LogP contribution in [0.5, 0.6) is 0 Å². The summed E-state index contributed by atoms with van der Waals surface area (Å²) in [5.74, 6) is -1.44. The van der Waals surface area contributed by atoms with E-state index < -0.39 is 56.6 Å². The Bertz CT molecular complexity index is 2180. The molecule has 0 heterocycles. The summed E-state index contributed by atoms with van der Waals surface area (Å²) in [5, 5.41) is -5.42. The number of halogens is 3. The van der Waals surface area contributed by atoms with Gasteiger partial charge in [0.25, 0.3) is 5.24 Å². The van der Waals surface area contributed by atoms with Crippen LogP contribution in [-0.2, 0) is 64.0 Å². The van der Waals surface area contributed by atoms with Crippen molar-refractivity contribution in [2.45, 2.75) is 84.1 Å². The lowest BCUT2D eigenvalue weighted by Gasteiger charge is -2.53. The van der Waals surface area contributed by atoms with Crippen molar-refractivity contribution in [2.24, 2.45) is 46.3 Å². The van der Waals surface area contributed by atoms with Crippen molar-refractivity contribution >= 4 is 67.3 Å². The van der Waals surface area contributed by atoms with Gasteiger partial charge in [-0.15, -0.1) is 0 Å². The smallest absolute Gasteiger partial charge is 0.367 e. The zero-order valence-electron chi connectivity index (χ0n) is 34.2. The highest BCUT2D eigenvalue weighted by atomic mass is 35.5. The third-order valence-corrected chi connectivity index (χ3v) is 16.4. The van der Waals surface area contributed by atoms with Crippen molar-refractivity contribution in [3.63, 3.8) is 0 Å². The molecular formula is C46H47ClF2O12S2. The zero-order valence-corrected chi connectivity index (χ0v) is 36.6. The zero-order chi connectivity index (χ0) is 45.2. The fourth-order valence-corrected chi connectivity index (χ4v) is 13.3. The Morgan fingerprint density at radius 1 is 0.619 bits per heavy atom. The topological polar surface area (TPSA) is 187 Å². The number of benzene rings is 3. The molecule has 8 saturated carbocycles. The average molecular weight is 929 g/mol. The first-order valence-corrected chi connectivity index (χ1v) is 23.9. The van der Waals surface area contributed by atoms with Crippen molar-refractivity contribution in [2.75, 3.05) is 19.8 Å². The van der Waals surface area contributed by atoms with Crippen LogP contribution < -0.4 is 0 Å². The molecule has 63 heavy (non-hydrogen) atoms. The summed E-state index contributed by atoms with van der Waals surface area (Å²) < 4.78 is 70.6. The Kier molecular flexibility index (Phi) is 14.0. The van der Waals surface area contributed by atoms with E-state index in [0.29, 0.717) is 43.8 Å². The van der Waals surface area contributed by atoms with Crippen LogP contribution in [0, 0.1) is 46.3 Å². The quantitative estimate of drug-likeness (QED) is 0.0592. The second-order valence-electron chi connectivity index (χ2n) is 17.6. The molecule has 0 saturated heterocycles. The van der Waals surface area contributed by atoms with Gasteiger partial charge < -0.3 is 18.8 Å². The predicted octanol–water partition coefficient (Wildman–Crippen LogP) is 7.08. The molecule has 4 atom stereocenters. The second-order valence-corrected chi connectivity index (χ2v) is 21.5. The number of hydrogen-bond acceptors (Lipinski definition) is 12. The average Bonchev–Trinajstić information content (AvgIpc) is 3.25. The summed E-state index contributed by atoms with van der Waals surface area (Å²) in [6.07, 6.45) is 6.67. The fraction of sp³-hybridized carbons (Fsp3) is 0.478. The van der Waals surface area contributed by atoms with Gasteiger partial charge in [-0.05, 0) is 124 Å². The second kappa shape index (κ2) is 18.9. The van der Waals surface area contributed by atoms with Crippen molar-refractivity contribution in [3.05, 3.63) is 91.0 Å². The Balaban J connectivity index is 0.000000145. The fourth-order valence-electron chi connectivity index (χ4n) is 10.9. The van der Waals surface area contributed by atoms with Gasteiger partial charge in [-0.2, -0.15) is 8.78 Å². The van der Waals surface area contributed by atoms with Gasteiger partial charge >= 0.3 is 23.2 Å². The molecule has 3 aromatic carbocycles. The van der Waals surface area contributed by atoms with Gasteiger partial charge in [0.2, 0.25) is 0 Å². The van der Waals surface area contributed by atoms with Crippen LogP contribution in [0.25, 0.3) is 0 Å². The maximum atomic E-state index is 12.9. The summed E-state index contributed by atoms with van der Waals surface area (Å²) >= 11 is 5.18. The standard InChI is InChI=1S/C18H15S.C15H18F2O8S.C13H15ClO4/c1-4-10-16(11-5-1)19(17-12-6-2-7-13-17)18-14-8-3-9-15-18;16-15(17,26(21,22)23)7-25-11(18)6-24-13(20)14-3-8-1-9(4-14)12(19)10(2-8)5-14;14-10(15)6-18-12(17)13-3-7-1-8(4-13)11(16)9(2-7)5-13/h1-15H;8-10H,1-7H2,(H,21,22,23);7-9H,1-6H2/q+1;;/p-1. The van der Waals surface area contributed by atoms with Crippen LogP contribution in [0.3, 0.4) is 0 Å². The highest BCUT2D eigenvalue weighted by Crippen LogP contribution is 2.60. The molecule has 3 aromatic rings. The van der Waals surface area contributed by atoms with Gasteiger partial charge in [0.1, 0.15) is 11.6 Å². The molecule has 8 aliphatic carbocycles. The molecule has 4 unspecified atom stereocenters. The predicted molar refractivity (Wildman–Crippen MR) is 222 cm³/mol. The Hall–Kier alpha value is -4.51. The monoisotopic (exact) mass is 928 g/mol. The van der Waals surface area contributed by atoms with E-state index in [1.54, 1.807) is 0 Å². The molecule has 12 nitrogen and oxygen atoms in total. The van der Waals surface area contributed by atoms with E-state index in [1.165, 1.54) is 14.7 Å². The van der Waals surface area contributed by atoms with Gasteiger partial charge in [-0.1, -0.05) is 54.6 Å². The van der Waals surface area contributed by atoms with E-state index in [0.717, 1.165) is 32.1 Å².